The Morgan fingerprint density at radius 3 is 2.90 bits per heavy atom. The summed E-state index contributed by atoms with van der Waals surface area (Å²) in [7, 11) is 0. The van der Waals surface area contributed by atoms with Gasteiger partial charge in [0.25, 0.3) is 0 Å². The van der Waals surface area contributed by atoms with E-state index < -0.39 is 0 Å². The summed E-state index contributed by atoms with van der Waals surface area (Å²) < 4.78 is 15.9. The van der Waals surface area contributed by atoms with Crippen LogP contribution in [-0.4, -0.2) is 40.4 Å². The summed E-state index contributed by atoms with van der Waals surface area (Å²) in [6, 6.07) is 6.98. The molecule has 7 heteroatoms. The maximum atomic E-state index is 13.6. The van der Waals surface area contributed by atoms with Crippen LogP contribution in [-0.2, 0) is 24.8 Å². The van der Waals surface area contributed by atoms with Crippen LogP contribution in [0.15, 0.2) is 29.3 Å². The van der Waals surface area contributed by atoms with Crippen LogP contribution in [0.3, 0.4) is 0 Å². The van der Waals surface area contributed by atoms with E-state index in [1.165, 1.54) is 25.3 Å². The Morgan fingerprint density at radius 1 is 1.20 bits per heavy atom. The topological polar surface area (TPSA) is 67.1 Å². The lowest BCUT2D eigenvalue weighted by molar-refractivity contribution is 0.593. The van der Waals surface area contributed by atoms with Gasteiger partial charge in [-0.2, -0.15) is 0 Å². The van der Waals surface area contributed by atoms with Gasteiger partial charge in [-0.25, -0.2) is 4.39 Å². The van der Waals surface area contributed by atoms with Gasteiger partial charge in [-0.05, 0) is 56.7 Å². The van der Waals surface area contributed by atoms with Crippen LogP contribution in [0.2, 0.25) is 0 Å². The Labute approximate surface area is 178 Å². The molecule has 6 nitrogen and oxygen atoms in total. The molecule has 30 heavy (non-hydrogen) atoms. The lowest BCUT2D eigenvalue weighted by atomic mass is 9.96. The van der Waals surface area contributed by atoms with E-state index in [0.717, 1.165) is 74.9 Å². The van der Waals surface area contributed by atoms with Gasteiger partial charge in [0, 0.05) is 37.9 Å². The Kier molecular flexibility index (Phi) is 6.65. The second kappa shape index (κ2) is 9.58. The van der Waals surface area contributed by atoms with E-state index in [9.17, 15) is 4.39 Å². The van der Waals surface area contributed by atoms with Crippen molar-refractivity contribution in [1.82, 2.24) is 25.4 Å². The molecular formula is C23H33FN6. The van der Waals surface area contributed by atoms with Crippen LogP contribution >= 0.6 is 0 Å². The largest absolute Gasteiger partial charge is 0.357 e. The van der Waals surface area contributed by atoms with Gasteiger partial charge >= 0.3 is 0 Å². The number of hydrogen-bond acceptors (Lipinski definition) is 3. The molecule has 1 fully saturated rings. The van der Waals surface area contributed by atoms with Gasteiger partial charge in [0.1, 0.15) is 17.5 Å². The molecule has 0 radical (unpaired) electrons. The first-order chi connectivity index (χ1) is 14.7. The molecule has 0 bridgehead atoms. The molecule has 1 aromatic carbocycles. The lowest BCUT2D eigenvalue weighted by Gasteiger charge is -2.16. The summed E-state index contributed by atoms with van der Waals surface area (Å²) in [5.74, 6) is 2.93. The average molecular weight is 413 g/mol. The van der Waals surface area contributed by atoms with Crippen LogP contribution in [0.4, 0.5) is 4.39 Å². The Morgan fingerprint density at radius 2 is 2.10 bits per heavy atom. The number of aryl methyl sites for hydroxylation is 2. The number of benzene rings is 1. The molecule has 2 heterocycles. The highest BCUT2D eigenvalue weighted by atomic mass is 19.1. The number of rotatable bonds is 8. The molecule has 2 N–H and O–H groups in total. The first-order valence-electron chi connectivity index (χ1n) is 11.4. The predicted octanol–water partition coefficient (Wildman–Crippen LogP) is 3.36. The highest BCUT2D eigenvalue weighted by Gasteiger charge is 2.44. The van der Waals surface area contributed by atoms with E-state index in [4.69, 9.17) is 4.99 Å². The summed E-state index contributed by atoms with van der Waals surface area (Å²) in [5, 5.41) is 15.6. The van der Waals surface area contributed by atoms with Crippen molar-refractivity contribution in [3.63, 3.8) is 0 Å². The van der Waals surface area contributed by atoms with Gasteiger partial charge in [-0.1, -0.05) is 18.6 Å². The fourth-order valence-corrected chi connectivity index (χ4v) is 4.26. The van der Waals surface area contributed by atoms with Crippen LogP contribution in [0, 0.1) is 5.82 Å². The van der Waals surface area contributed by atoms with Gasteiger partial charge in [0.05, 0.1) is 6.54 Å². The van der Waals surface area contributed by atoms with Crippen molar-refractivity contribution in [3.8, 4) is 0 Å². The molecule has 1 saturated carbocycles. The average Bonchev–Trinajstić information content (AvgIpc) is 3.50. The fraction of sp³-hybridized carbons (Fsp3) is 0.609. The predicted molar refractivity (Wildman–Crippen MR) is 117 cm³/mol. The third kappa shape index (κ3) is 4.99. The number of halogens is 1. The lowest BCUT2D eigenvalue weighted by Crippen LogP contribution is -2.38. The van der Waals surface area contributed by atoms with E-state index in [-0.39, 0.29) is 11.2 Å². The Bertz CT molecular complexity index is 870. The molecule has 1 aliphatic heterocycles. The van der Waals surface area contributed by atoms with Crippen molar-refractivity contribution in [2.24, 2.45) is 4.99 Å². The monoisotopic (exact) mass is 412 g/mol. The summed E-state index contributed by atoms with van der Waals surface area (Å²) in [5.41, 5.74) is 1.07. The molecule has 0 amide bonds. The molecule has 4 rings (SSSR count). The third-order valence-electron chi connectivity index (χ3n) is 6.23. The molecule has 0 atom stereocenters. The standard InChI is InChI=1S/C23H33FN6/c1-2-25-22(27-17-23(12-13-23)18-8-6-9-19(24)16-18)26-14-7-11-21-29-28-20-10-4-3-5-15-30(20)21/h6,8-9,16H,2-5,7,10-15,17H2,1H3,(H2,25,26,27). The number of fused-ring (bicyclic) bond motifs is 1. The third-order valence-corrected chi connectivity index (χ3v) is 6.23. The van der Waals surface area contributed by atoms with Gasteiger partial charge in [0.2, 0.25) is 0 Å². The van der Waals surface area contributed by atoms with Gasteiger partial charge in [-0.3, -0.25) is 4.99 Å². The number of aliphatic imine (C=N–C) groups is 1. The van der Waals surface area contributed by atoms with Crippen molar-refractivity contribution in [2.45, 2.75) is 70.3 Å². The zero-order valence-corrected chi connectivity index (χ0v) is 18.0. The van der Waals surface area contributed by atoms with Crippen molar-refractivity contribution in [2.75, 3.05) is 19.6 Å². The van der Waals surface area contributed by atoms with E-state index in [1.807, 2.05) is 6.07 Å². The summed E-state index contributed by atoms with van der Waals surface area (Å²) in [6.07, 6.45) is 8.82. The number of hydrogen-bond donors (Lipinski definition) is 2. The minimum Gasteiger partial charge on any atom is -0.357 e. The summed E-state index contributed by atoms with van der Waals surface area (Å²) >= 11 is 0. The first kappa shape index (κ1) is 20.8. The molecule has 0 spiro atoms. The zero-order chi connectivity index (χ0) is 20.8. The minimum absolute atomic E-state index is 0.00351. The zero-order valence-electron chi connectivity index (χ0n) is 18.0. The van der Waals surface area contributed by atoms with E-state index in [1.54, 1.807) is 12.1 Å². The van der Waals surface area contributed by atoms with Crippen LogP contribution in [0.5, 0.6) is 0 Å². The molecule has 2 aliphatic rings. The van der Waals surface area contributed by atoms with Crippen LogP contribution in [0.25, 0.3) is 0 Å². The summed E-state index contributed by atoms with van der Waals surface area (Å²) in [6.45, 7) is 5.46. The normalized spacial score (nSPS) is 17.9. The van der Waals surface area contributed by atoms with Crippen molar-refractivity contribution < 1.29 is 4.39 Å². The van der Waals surface area contributed by atoms with E-state index in [2.05, 4.69) is 32.3 Å². The van der Waals surface area contributed by atoms with Gasteiger partial charge in [-0.15, -0.1) is 10.2 Å². The molecule has 1 aliphatic carbocycles. The number of aromatic nitrogens is 3. The Hall–Kier alpha value is -2.44. The van der Waals surface area contributed by atoms with Gasteiger partial charge in [0.15, 0.2) is 5.96 Å². The van der Waals surface area contributed by atoms with Crippen molar-refractivity contribution in [3.05, 3.63) is 47.3 Å². The first-order valence-corrected chi connectivity index (χ1v) is 11.4. The summed E-state index contributed by atoms with van der Waals surface area (Å²) in [4.78, 5) is 4.81. The highest BCUT2D eigenvalue weighted by molar-refractivity contribution is 5.79. The Balaban J connectivity index is 1.29. The second-order valence-corrected chi connectivity index (χ2v) is 8.51. The van der Waals surface area contributed by atoms with Crippen molar-refractivity contribution in [1.29, 1.82) is 0 Å². The molecular weight excluding hydrogens is 379 g/mol. The van der Waals surface area contributed by atoms with Gasteiger partial charge < -0.3 is 15.2 Å². The molecule has 2 aromatic rings. The number of nitrogens with zero attached hydrogens (tertiary/aromatic N) is 4. The van der Waals surface area contributed by atoms with Crippen LogP contribution < -0.4 is 10.6 Å². The number of nitrogens with one attached hydrogen (secondary N) is 2. The maximum Gasteiger partial charge on any atom is 0.191 e. The van der Waals surface area contributed by atoms with Crippen LogP contribution in [0.1, 0.15) is 62.7 Å². The van der Waals surface area contributed by atoms with E-state index in [0.29, 0.717) is 6.54 Å². The van der Waals surface area contributed by atoms with Crippen molar-refractivity contribution >= 4 is 5.96 Å². The molecule has 1 aromatic heterocycles. The molecule has 162 valence electrons. The van der Waals surface area contributed by atoms with E-state index >= 15 is 0 Å². The fourth-order valence-electron chi connectivity index (χ4n) is 4.26. The molecule has 0 saturated heterocycles. The minimum atomic E-state index is -0.167. The number of guanidine groups is 1. The SMILES string of the molecule is CCNC(=NCC1(c2cccc(F)c2)CC1)NCCCc1nnc2n1CCCCC2. The second-order valence-electron chi connectivity index (χ2n) is 8.51. The maximum absolute atomic E-state index is 13.6. The quantitative estimate of drug-likeness (QED) is 0.396. The smallest absolute Gasteiger partial charge is 0.191 e. The highest BCUT2D eigenvalue weighted by Crippen LogP contribution is 2.48. The molecule has 0 unspecified atom stereocenters.